The van der Waals surface area contributed by atoms with Gasteiger partial charge in [0.05, 0.1) is 0 Å². The van der Waals surface area contributed by atoms with E-state index in [0.29, 0.717) is 0 Å². The van der Waals surface area contributed by atoms with Crippen molar-refractivity contribution in [3.8, 4) is 0 Å². The van der Waals surface area contributed by atoms with Crippen LogP contribution in [0.25, 0.3) is 0 Å². The van der Waals surface area contributed by atoms with Crippen LogP contribution in [-0.2, 0) is 4.44 Å². The summed E-state index contributed by atoms with van der Waals surface area (Å²) in [6.07, 6.45) is 2.83. The molecule has 0 aliphatic heterocycles. The van der Waals surface area contributed by atoms with Crippen LogP contribution in [0.5, 0.6) is 0 Å². The first-order chi connectivity index (χ1) is 5.93. The van der Waals surface area contributed by atoms with E-state index in [1.807, 2.05) is 0 Å². The Hall–Kier alpha value is 0.0187. The minimum absolute atomic E-state index is 0.0540. The van der Waals surface area contributed by atoms with Gasteiger partial charge in [-0.3, -0.25) is 0 Å². The van der Waals surface area contributed by atoms with Crippen molar-refractivity contribution in [1.29, 1.82) is 0 Å². The van der Waals surface area contributed by atoms with Gasteiger partial charge in [0.2, 0.25) is 0 Å². The Balaban J connectivity index is 2.16. The number of hydrogen-bond acceptors (Lipinski definition) is 0. The monoisotopic (exact) mass is 268 g/mol. The molecule has 0 spiro atoms. The summed E-state index contributed by atoms with van der Waals surface area (Å²) < 4.78 is 2.97. The van der Waals surface area contributed by atoms with Crippen molar-refractivity contribution in [1.82, 2.24) is 0 Å². The zero-order valence-electron chi connectivity index (χ0n) is 7.72. The van der Waals surface area contributed by atoms with Crippen LogP contribution in [0.4, 0.5) is 0 Å². The molecule has 0 atom stereocenters. The fourth-order valence-corrected chi connectivity index (χ4v) is 4.85. The third-order valence-corrected chi connectivity index (χ3v) is 5.78. The number of benzene rings is 1. The van der Waals surface area contributed by atoms with E-state index in [2.05, 4.69) is 37.3 Å². The molecular weight excluding hydrogens is 251 g/mol. The van der Waals surface area contributed by atoms with Gasteiger partial charge < -0.3 is 0 Å². The SMILES string of the molecule is CCC[CH2][Sn+2][CH2]c1ccccc1. The van der Waals surface area contributed by atoms with Crippen LogP contribution in [0, 0.1) is 0 Å². The zero-order valence-corrected chi connectivity index (χ0v) is 10.6. The summed E-state index contributed by atoms with van der Waals surface area (Å²) in [4.78, 5) is 0. The van der Waals surface area contributed by atoms with Crippen LogP contribution in [0.1, 0.15) is 25.3 Å². The Morgan fingerprint density at radius 1 is 1.17 bits per heavy atom. The maximum absolute atomic E-state index is 2.28. The van der Waals surface area contributed by atoms with Crippen molar-refractivity contribution >= 4 is 21.1 Å². The second-order valence-corrected chi connectivity index (χ2v) is 6.88. The second-order valence-electron chi connectivity index (χ2n) is 3.02. The molecule has 0 amide bonds. The van der Waals surface area contributed by atoms with Gasteiger partial charge in [-0.1, -0.05) is 0 Å². The van der Waals surface area contributed by atoms with E-state index in [-0.39, 0.29) is 21.1 Å². The third-order valence-electron chi connectivity index (χ3n) is 1.88. The molecule has 0 heterocycles. The van der Waals surface area contributed by atoms with Crippen molar-refractivity contribution in [2.75, 3.05) is 0 Å². The summed E-state index contributed by atoms with van der Waals surface area (Å²) in [5, 5.41) is 0. The average Bonchev–Trinajstić information content (AvgIpc) is 2.14. The molecule has 0 aliphatic carbocycles. The first kappa shape index (κ1) is 10.1. The molecule has 1 aromatic rings. The Morgan fingerprint density at radius 3 is 2.58 bits per heavy atom. The predicted octanol–water partition coefficient (Wildman–Crippen LogP) is 3.11. The van der Waals surface area contributed by atoms with Crippen LogP contribution in [0.15, 0.2) is 30.3 Å². The van der Waals surface area contributed by atoms with Crippen LogP contribution in [0.2, 0.25) is 4.44 Å². The molecule has 62 valence electrons. The molecule has 0 unspecified atom stereocenters. The van der Waals surface area contributed by atoms with Gasteiger partial charge in [0.15, 0.2) is 0 Å². The minimum atomic E-state index is -0.0540. The Morgan fingerprint density at radius 2 is 1.92 bits per heavy atom. The molecule has 0 nitrogen and oxygen atoms in total. The van der Waals surface area contributed by atoms with E-state index in [9.17, 15) is 0 Å². The molecule has 12 heavy (non-hydrogen) atoms. The molecule has 0 radical (unpaired) electrons. The standard InChI is InChI=1S/C7H7.C4H9.Sn/c1-7-5-3-2-4-6-7;1-3-4-2;/h2-6H,1H2;1,3-4H2,2H3;/q;;+2. The summed E-state index contributed by atoms with van der Waals surface area (Å²) in [6, 6.07) is 10.9. The molecule has 0 bridgehead atoms. The van der Waals surface area contributed by atoms with E-state index in [1.54, 1.807) is 10.0 Å². The first-order valence-corrected chi connectivity index (χ1v) is 8.71. The summed E-state index contributed by atoms with van der Waals surface area (Å²) in [6.45, 7) is 2.28. The Kier molecular flexibility index (Phi) is 5.49. The topological polar surface area (TPSA) is 0 Å². The molecule has 0 aliphatic rings. The predicted molar refractivity (Wildman–Crippen MR) is 55.6 cm³/mol. The van der Waals surface area contributed by atoms with Crippen molar-refractivity contribution in [3.05, 3.63) is 35.9 Å². The van der Waals surface area contributed by atoms with Crippen LogP contribution in [-0.4, -0.2) is 21.1 Å². The summed E-state index contributed by atoms with van der Waals surface area (Å²) >= 11 is -0.0540. The Bertz CT molecular complexity index is 193. The summed E-state index contributed by atoms with van der Waals surface area (Å²) in [5.41, 5.74) is 1.56. The van der Waals surface area contributed by atoms with E-state index < -0.39 is 0 Å². The molecule has 0 saturated heterocycles. The Labute approximate surface area is 85.6 Å². The van der Waals surface area contributed by atoms with Gasteiger partial charge in [-0.05, 0) is 0 Å². The van der Waals surface area contributed by atoms with Gasteiger partial charge in [0, 0.05) is 0 Å². The van der Waals surface area contributed by atoms with E-state index in [1.165, 1.54) is 17.3 Å². The maximum atomic E-state index is 2.28. The first-order valence-electron chi connectivity index (χ1n) is 4.68. The average molecular weight is 267 g/mol. The fraction of sp³-hybridized carbons (Fsp3) is 0.455. The van der Waals surface area contributed by atoms with Gasteiger partial charge in [-0.25, -0.2) is 0 Å². The normalized spacial score (nSPS) is 9.42. The second kappa shape index (κ2) is 6.53. The molecule has 0 aromatic heterocycles. The quantitative estimate of drug-likeness (QED) is 0.568. The number of hydrogen-bond donors (Lipinski definition) is 0. The van der Waals surface area contributed by atoms with E-state index in [0.717, 1.165) is 0 Å². The molecule has 0 N–H and O–H groups in total. The van der Waals surface area contributed by atoms with Crippen molar-refractivity contribution < 1.29 is 0 Å². The van der Waals surface area contributed by atoms with Crippen LogP contribution >= 0.6 is 0 Å². The molecule has 0 saturated carbocycles. The van der Waals surface area contributed by atoms with Crippen molar-refractivity contribution in [3.63, 3.8) is 0 Å². The van der Waals surface area contributed by atoms with Gasteiger partial charge in [-0.15, -0.1) is 0 Å². The molecule has 1 heteroatoms. The van der Waals surface area contributed by atoms with Gasteiger partial charge >= 0.3 is 85.7 Å². The fourth-order valence-electron chi connectivity index (χ4n) is 1.13. The molecule has 1 rings (SSSR count). The molecule has 0 fully saturated rings. The molecular formula is C11H16Sn+2. The van der Waals surface area contributed by atoms with Gasteiger partial charge in [-0.2, -0.15) is 0 Å². The van der Waals surface area contributed by atoms with Crippen LogP contribution < -0.4 is 0 Å². The third kappa shape index (κ3) is 4.15. The van der Waals surface area contributed by atoms with Crippen molar-refractivity contribution in [2.45, 2.75) is 28.6 Å². The van der Waals surface area contributed by atoms with E-state index in [4.69, 9.17) is 0 Å². The summed E-state index contributed by atoms with van der Waals surface area (Å²) in [5.74, 6) is 0. The van der Waals surface area contributed by atoms with E-state index >= 15 is 0 Å². The molecule has 1 aromatic carbocycles. The zero-order chi connectivity index (χ0) is 8.65. The van der Waals surface area contributed by atoms with Gasteiger partial charge in [0.1, 0.15) is 0 Å². The van der Waals surface area contributed by atoms with Crippen LogP contribution in [0.3, 0.4) is 0 Å². The number of unbranched alkanes of at least 4 members (excludes halogenated alkanes) is 1. The number of rotatable bonds is 5. The summed E-state index contributed by atoms with van der Waals surface area (Å²) in [7, 11) is 0. The van der Waals surface area contributed by atoms with Gasteiger partial charge in [0.25, 0.3) is 0 Å². The van der Waals surface area contributed by atoms with Crippen molar-refractivity contribution in [2.24, 2.45) is 0 Å².